The maximum absolute atomic E-state index is 12.5. The molecule has 23 heavy (non-hydrogen) atoms. The molecule has 0 saturated carbocycles. The Labute approximate surface area is 145 Å². The smallest absolute Gasteiger partial charge is 0.331 e. The molecule has 0 aliphatic carbocycles. The number of alkyl halides is 1. The zero-order valence-electron chi connectivity index (χ0n) is 13.1. The van der Waals surface area contributed by atoms with Crippen LogP contribution < -0.4 is 5.32 Å². The van der Waals surface area contributed by atoms with Gasteiger partial charge in [-0.05, 0) is 37.6 Å². The van der Waals surface area contributed by atoms with Crippen LogP contribution in [0.4, 0.5) is 0 Å². The molecule has 0 bridgehead atoms. The van der Waals surface area contributed by atoms with E-state index in [0.717, 1.165) is 0 Å². The van der Waals surface area contributed by atoms with Crippen LogP contribution in [0.3, 0.4) is 0 Å². The van der Waals surface area contributed by atoms with Crippen LogP contribution in [-0.4, -0.2) is 49.6 Å². The predicted octanol–water partition coefficient (Wildman–Crippen LogP) is 2.37. The van der Waals surface area contributed by atoms with E-state index in [1.54, 1.807) is 24.3 Å². The lowest BCUT2D eigenvalue weighted by Gasteiger charge is -2.39. The van der Waals surface area contributed by atoms with Gasteiger partial charge in [0, 0.05) is 18.1 Å². The Hall–Kier alpha value is -1.30. The van der Waals surface area contributed by atoms with E-state index in [9.17, 15) is 9.59 Å². The number of nitrogens with one attached hydrogen (secondary N) is 1. The fourth-order valence-electron chi connectivity index (χ4n) is 2.66. The molecule has 7 heteroatoms. The first kappa shape index (κ1) is 18.0. The van der Waals surface area contributed by atoms with Gasteiger partial charge in [-0.25, -0.2) is 4.79 Å². The third kappa shape index (κ3) is 4.16. The van der Waals surface area contributed by atoms with Crippen molar-refractivity contribution >= 4 is 35.1 Å². The van der Waals surface area contributed by atoms with Gasteiger partial charge in [-0.15, -0.1) is 11.6 Å². The second-order valence-corrected chi connectivity index (χ2v) is 6.65. The van der Waals surface area contributed by atoms with Gasteiger partial charge in [0.15, 0.2) is 0 Å². The predicted molar refractivity (Wildman–Crippen MR) is 89.7 cm³/mol. The highest BCUT2D eigenvalue weighted by atomic mass is 35.5. The van der Waals surface area contributed by atoms with Crippen LogP contribution in [0, 0.1) is 0 Å². The van der Waals surface area contributed by atoms with Crippen molar-refractivity contribution < 1.29 is 14.3 Å². The highest BCUT2D eigenvalue weighted by Gasteiger charge is 2.44. The Kier molecular flexibility index (Phi) is 5.89. The minimum atomic E-state index is -1.02. The normalized spacial score (nSPS) is 19.0. The topological polar surface area (TPSA) is 58.6 Å². The Morgan fingerprint density at radius 1 is 1.26 bits per heavy atom. The average Bonchev–Trinajstić information content (AvgIpc) is 2.56. The number of hydrogen-bond acceptors (Lipinski definition) is 4. The zero-order chi connectivity index (χ0) is 17.0. The van der Waals surface area contributed by atoms with Gasteiger partial charge in [-0.2, -0.15) is 0 Å². The standard InChI is InChI=1S/C16H20Cl2N2O3/c1-20-9-7-16(8-10-20,15(22)23-2)19-14(21)13(18)11-3-5-12(17)6-4-11/h3-6,13H,7-10H2,1-2H3,(H,19,21). The van der Waals surface area contributed by atoms with Crippen molar-refractivity contribution in [2.24, 2.45) is 0 Å². The second-order valence-electron chi connectivity index (χ2n) is 5.78. The molecule has 1 aliphatic rings. The summed E-state index contributed by atoms with van der Waals surface area (Å²) in [5, 5.41) is 2.49. The summed E-state index contributed by atoms with van der Waals surface area (Å²) < 4.78 is 4.90. The van der Waals surface area contributed by atoms with Crippen molar-refractivity contribution in [1.82, 2.24) is 10.2 Å². The molecule has 1 aliphatic heterocycles. The summed E-state index contributed by atoms with van der Waals surface area (Å²) in [6.45, 7) is 1.40. The summed E-state index contributed by atoms with van der Waals surface area (Å²) in [6, 6.07) is 6.73. The molecule has 1 atom stereocenters. The molecule has 1 amide bonds. The van der Waals surface area contributed by atoms with Crippen LogP contribution in [0.1, 0.15) is 23.8 Å². The van der Waals surface area contributed by atoms with Gasteiger partial charge in [0.05, 0.1) is 7.11 Å². The Bertz CT molecular complexity index is 569. The number of rotatable bonds is 4. The summed E-state index contributed by atoms with van der Waals surface area (Å²) in [7, 11) is 3.30. The molecule has 1 saturated heterocycles. The van der Waals surface area contributed by atoms with Gasteiger partial charge in [0.2, 0.25) is 5.91 Å². The maximum atomic E-state index is 12.5. The van der Waals surface area contributed by atoms with Gasteiger partial charge in [-0.1, -0.05) is 23.7 Å². The van der Waals surface area contributed by atoms with Gasteiger partial charge in [-0.3, -0.25) is 4.79 Å². The maximum Gasteiger partial charge on any atom is 0.331 e. The highest BCUT2D eigenvalue weighted by molar-refractivity contribution is 6.32. The van der Waals surface area contributed by atoms with Crippen molar-refractivity contribution in [3.8, 4) is 0 Å². The van der Waals surface area contributed by atoms with E-state index in [-0.39, 0.29) is 0 Å². The van der Waals surface area contributed by atoms with Crippen LogP contribution in [0.2, 0.25) is 5.02 Å². The SMILES string of the molecule is COC(=O)C1(NC(=O)C(Cl)c2ccc(Cl)cc2)CCN(C)CC1. The number of esters is 1. The molecule has 1 unspecified atom stereocenters. The number of likely N-dealkylation sites (tertiary alicyclic amines) is 1. The van der Waals surface area contributed by atoms with Crippen molar-refractivity contribution in [1.29, 1.82) is 0 Å². The molecule has 1 aromatic rings. The first-order valence-corrected chi connectivity index (χ1v) is 8.18. The molecule has 0 spiro atoms. The number of benzene rings is 1. The minimum Gasteiger partial charge on any atom is -0.467 e. The quantitative estimate of drug-likeness (QED) is 0.663. The van der Waals surface area contributed by atoms with E-state index in [0.29, 0.717) is 36.5 Å². The summed E-state index contributed by atoms with van der Waals surface area (Å²) in [4.78, 5) is 26.8. The Morgan fingerprint density at radius 2 is 1.83 bits per heavy atom. The van der Waals surface area contributed by atoms with E-state index in [2.05, 4.69) is 10.2 Å². The van der Waals surface area contributed by atoms with Gasteiger partial charge < -0.3 is 15.0 Å². The monoisotopic (exact) mass is 358 g/mol. The fourth-order valence-corrected chi connectivity index (χ4v) is 2.98. The third-order valence-electron chi connectivity index (χ3n) is 4.17. The van der Waals surface area contributed by atoms with Crippen molar-refractivity contribution in [3.63, 3.8) is 0 Å². The average molecular weight is 359 g/mol. The Balaban J connectivity index is 2.14. The van der Waals surface area contributed by atoms with E-state index in [1.807, 2.05) is 7.05 Å². The summed E-state index contributed by atoms with van der Waals surface area (Å²) in [5.74, 6) is -0.845. The number of carbonyl (C=O) groups is 2. The molecule has 5 nitrogen and oxygen atoms in total. The molecular formula is C16H20Cl2N2O3. The number of halogens is 2. The summed E-state index contributed by atoms with van der Waals surface area (Å²) >= 11 is 12.1. The molecule has 0 aromatic heterocycles. The van der Waals surface area contributed by atoms with Crippen LogP contribution in [-0.2, 0) is 14.3 Å². The Morgan fingerprint density at radius 3 is 2.35 bits per heavy atom. The molecule has 1 fully saturated rings. The fraction of sp³-hybridized carbons (Fsp3) is 0.500. The zero-order valence-corrected chi connectivity index (χ0v) is 14.7. The van der Waals surface area contributed by atoms with E-state index >= 15 is 0 Å². The number of nitrogens with zero attached hydrogens (tertiary/aromatic N) is 1. The number of amides is 1. The molecule has 2 rings (SSSR count). The van der Waals surface area contributed by atoms with Gasteiger partial charge >= 0.3 is 5.97 Å². The van der Waals surface area contributed by atoms with E-state index < -0.39 is 22.8 Å². The van der Waals surface area contributed by atoms with Crippen LogP contribution >= 0.6 is 23.2 Å². The number of piperidine rings is 1. The van der Waals surface area contributed by atoms with Crippen molar-refractivity contribution in [2.75, 3.05) is 27.2 Å². The molecule has 1 heterocycles. The lowest BCUT2D eigenvalue weighted by molar-refractivity contribution is -0.153. The molecule has 126 valence electrons. The first-order chi connectivity index (χ1) is 10.9. The first-order valence-electron chi connectivity index (χ1n) is 7.36. The third-order valence-corrected chi connectivity index (χ3v) is 4.87. The molecular weight excluding hydrogens is 339 g/mol. The largest absolute Gasteiger partial charge is 0.467 e. The summed E-state index contributed by atoms with van der Waals surface area (Å²) in [5.41, 5.74) is -0.390. The number of carbonyl (C=O) groups excluding carboxylic acids is 2. The number of methoxy groups -OCH3 is 1. The molecule has 1 aromatic carbocycles. The molecule has 1 N–H and O–H groups in total. The van der Waals surface area contributed by atoms with Gasteiger partial charge in [0.25, 0.3) is 0 Å². The van der Waals surface area contributed by atoms with Crippen molar-refractivity contribution in [2.45, 2.75) is 23.8 Å². The van der Waals surface area contributed by atoms with Crippen LogP contribution in [0.15, 0.2) is 24.3 Å². The van der Waals surface area contributed by atoms with E-state index in [4.69, 9.17) is 27.9 Å². The minimum absolute atomic E-state index is 0.413. The lowest BCUT2D eigenvalue weighted by atomic mass is 9.87. The van der Waals surface area contributed by atoms with Gasteiger partial charge in [0.1, 0.15) is 10.9 Å². The van der Waals surface area contributed by atoms with Crippen LogP contribution in [0.5, 0.6) is 0 Å². The highest BCUT2D eigenvalue weighted by Crippen LogP contribution is 2.27. The number of hydrogen-bond donors (Lipinski definition) is 1. The lowest BCUT2D eigenvalue weighted by Crippen LogP contribution is -2.60. The van der Waals surface area contributed by atoms with Crippen LogP contribution in [0.25, 0.3) is 0 Å². The number of ether oxygens (including phenoxy) is 1. The van der Waals surface area contributed by atoms with E-state index in [1.165, 1.54) is 7.11 Å². The summed E-state index contributed by atoms with van der Waals surface area (Å²) in [6.07, 6.45) is 0.984. The molecule has 0 radical (unpaired) electrons. The van der Waals surface area contributed by atoms with Crippen molar-refractivity contribution in [3.05, 3.63) is 34.9 Å². The second kappa shape index (κ2) is 7.51.